The molecule has 7 nitrogen and oxygen atoms in total. The zero-order chi connectivity index (χ0) is 19.8. The Morgan fingerprint density at radius 1 is 1.07 bits per heavy atom. The Balaban J connectivity index is 0.00000300. The molecular weight excluding hydrogens is 483 g/mol. The SMILES string of the molecule is CCOc1ccc(OCC)c(NC(N)=NCc2cc(-c3ccccc3)on2)c1.I. The molecule has 0 spiro atoms. The number of hydrogen-bond acceptors (Lipinski definition) is 5. The Labute approximate surface area is 187 Å². The van der Waals surface area contributed by atoms with Gasteiger partial charge in [0.2, 0.25) is 0 Å². The number of nitrogens with zero attached hydrogens (tertiary/aromatic N) is 2. The summed E-state index contributed by atoms with van der Waals surface area (Å²) in [6.45, 7) is 5.27. The van der Waals surface area contributed by atoms with Crippen molar-refractivity contribution in [1.29, 1.82) is 0 Å². The number of halogens is 1. The van der Waals surface area contributed by atoms with Gasteiger partial charge in [-0.2, -0.15) is 0 Å². The van der Waals surface area contributed by atoms with Crippen LogP contribution in [0.5, 0.6) is 11.5 Å². The maximum atomic E-state index is 6.04. The highest BCUT2D eigenvalue weighted by atomic mass is 127. The van der Waals surface area contributed by atoms with Crippen molar-refractivity contribution < 1.29 is 14.0 Å². The molecule has 0 aliphatic heterocycles. The van der Waals surface area contributed by atoms with Gasteiger partial charge < -0.3 is 25.0 Å². The fraction of sp³-hybridized carbons (Fsp3) is 0.238. The van der Waals surface area contributed by atoms with Crippen molar-refractivity contribution in [3.8, 4) is 22.8 Å². The number of rotatable bonds is 8. The van der Waals surface area contributed by atoms with Crippen molar-refractivity contribution >= 4 is 35.6 Å². The summed E-state index contributed by atoms with van der Waals surface area (Å²) in [5.41, 5.74) is 8.39. The molecule has 0 fully saturated rings. The number of benzene rings is 2. The van der Waals surface area contributed by atoms with Gasteiger partial charge in [0, 0.05) is 17.7 Å². The predicted molar refractivity (Wildman–Crippen MR) is 125 cm³/mol. The molecule has 29 heavy (non-hydrogen) atoms. The highest BCUT2D eigenvalue weighted by molar-refractivity contribution is 14.0. The molecule has 2 aromatic carbocycles. The molecule has 0 saturated heterocycles. The normalized spacial score (nSPS) is 10.9. The van der Waals surface area contributed by atoms with E-state index in [0.717, 1.165) is 11.3 Å². The minimum Gasteiger partial charge on any atom is -0.494 e. The largest absolute Gasteiger partial charge is 0.494 e. The first-order valence-corrected chi connectivity index (χ1v) is 9.17. The van der Waals surface area contributed by atoms with Crippen molar-refractivity contribution in [3.63, 3.8) is 0 Å². The summed E-state index contributed by atoms with van der Waals surface area (Å²) in [6, 6.07) is 17.2. The summed E-state index contributed by atoms with van der Waals surface area (Å²) < 4.78 is 16.5. The van der Waals surface area contributed by atoms with Gasteiger partial charge in [-0.1, -0.05) is 35.5 Å². The van der Waals surface area contributed by atoms with Crippen molar-refractivity contribution in [3.05, 3.63) is 60.3 Å². The molecular formula is C21H25IN4O3. The Hall–Kier alpha value is -2.75. The molecule has 0 aliphatic rings. The standard InChI is InChI=1S/C21H24N4O3.HI/c1-3-26-17-10-11-19(27-4-2)18(13-17)24-21(22)23-14-16-12-20(28-25-16)15-8-6-5-7-9-15;/h5-13H,3-4,14H2,1-2H3,(H3,22,23,24);1H. The lowest BCUT2D eigenvalue weighted by Crippen LogP contribution is -2.23. The Bertz CT molecular complexity index is 929. The summed E-state index contributed by atoms with van der Waals surface area (Å²) in [5.74, 6) is 2.35. The van der Waals surface area contributed by atoms with Crippen LogP contribution < -0.4 is 20.5 Å². The van der Waals surface area contributed by atoms with Gasteiger partial charge >= 0.3 is 0 Å². The molecule has 8 heteroatoms. The van der Waals surface area contributed by atoms with Crippen molar-refractivity contribution in [2.24, 2.45) is 10.7 Å². The highest BCUT2D eigenvalue weighted by Crippen LogP contribution is 2.29. The van der Waals surface area contributed by atoms with Gasteiger partial charge in [0.25, 0.3) is 0 Å². The maximum absolute atomic E-state index is 6.04. The van der Waals surface area contributed by atoms with Crippen LogP contribution in [0.4, 0.5) is 5.69 Å². The third kappa shape index (κ3) is 6.38. The molecule has 0 radical (unpaired) electrons. The molecule has 1 heterocycles. The number of nitrogens with two attached hydrogens (primary N) is 1. The number of hydrogen-bond donors (Lipinski definition) is 2. The highest BCUT2D eigenvalue weighted by Gasteiger charge is 2.09. The number of anilines is 1. The fourth-order valence-electron chi connectivity index (χ4n) is 2.61. The van der Waals surface area contributed by atoms with Gasteiger partial charge in [-0.15, -0.1) is 24.0 Å². The average molecular weight is 508 g/mol. The molecule has 3 aromatic rings. The van der Waals surface area contributed by atoms with Crippen LogP contribution in [0, 0.1) is 0 Å². The van der Waals surface area contributed by atoms with Crippen LogP contribution in [0.1, 0.15) is 19.5 Å². The van der Waals surface area contributed by atoms with Gasteiger partial charge in [0.15, 0.2) is 11.7 Å². The minimum absolute atomic E-state index is 0. The minimum atomic E-state index is 0. The van der Waals surface area contributed by atoms with Crippen molar-refractivity contribution in [1.82, 2.24) is 5.16 Å². The lowest BCUT2D eigenvalue weighted by Gasteiger charge is -2.13. The molecule has 0 unspecified atom stereocenters. The Morgan fingerprint density at radius 3 is 2.55 bits per heavy atom. The van der Waals surface area contributed by atoms with E-state index < -0.39 is 0 Å². The monoisotopic (exact) mass is 508 g/mol. The number of nitrogens with one attached hydrogen (secondary N) is 1. The first-order chi connectivity index (χ1) is 13.7. The van der Waals surface area contributed by atoms with Crippen LogP contribution in [0.3, 0.4) is 0 Å². The van der Waals surface area contributed by atoms with E-state index >= 15 is 0 Å². The number of aliphatic imine (C=N–C) groups is 1. The molecule has 154 valence electrons. The van der Waals surface area contributed by atoms with E-state index in [0.29, 0.717) is 42.6 Å². The van der Waals surface area contributed by atoms with Crippen molar-refractivity contribution in [2.75, 3.05) is 18.5 Å². The van der Waals surface area contributed by atoms with E-state index in [2.05, 4.69) is 15.5 Å². The molecule has 3 rings (SSSR count). The number of aromatic nitrogens is 1. The summed E-state index contributed by atoms with van der Waals surface area (Å²) in [5, 5.41) is 7.11. The van der Waals surface area contributed by atoms with Crippen molar-refractivity contribution in [2.45, 2.75) is 20.4 Å². The van der Waals surface area contributed by atoms with Gasteiger partial charge in [0.1, 0.15) is 17.2 Å². The summed E-state index contributed by atoms with van der Waals surface area (Å²) in [6.07, 6.45) is 0. The van der Waals surface area contributed by atoms with Crippen LogP contribution in [0.25, 0.3) is 11.3 Å². The molecule has 3 N–H and O–H groups in total. The van der Waals surface area contributed by atoms with Crippen LogP contribution >= 0.6 is 24.0 Å². The average Bonchev–Trinajstić information content (AvgIpc) is 3.19. The lowest BCUT2D eigenvalue weighted by molar-refractivity contribution is 0.332. The van der Waals surface area contributed by atoms with E-state index in [1.807, 2.05) is 68.4 Å². The Kier molecular flexibility index (Phi) is 8.78. The molecule has 1 aromatic heterocycles. The third-order valence-electron chi connectivity index (χ3n) is 3.85. The lowest BCUT2D eigenvalue weighted by atomic mass is 10.2. The van der Waals surface area contributed by atoms with E-state index in [4.69, 9.17) is 19.7 Å². The van der Waals surface area contributed by atoms with Gasteiger partial charge in [-0.3, -0.25) is 0 Å². The van der Waals surface area contributed by atoms with E-state index in [1.165, 1.54) is 0 Å². The van der Waals surface area contributed by atoms with Gasteiger partial charge in [-0.25, -0.2) is 4.99 Å². The predicted octanol–water partition coefficient (Wildman–Crippen LogP) is 4.68. The summed E-state index contributed by atoms with van der Waals surface area (Å²) in [4.78, 5) is 4.34. The third-order valence-corrected chi connectivity index (χ3v) is 3.85. The molecule has 0 amide bonds. The summed E-state index contributed by atoms with van der Waals surface area (Å²) >= 11 is 0. The molecule has 0 aliphatic carbocycles. The second-order valence-corrected chi connectivity index (χ2v) is 5.90. The molecule has 0 atom stereocenters. The zero-order valence-corrected chi connectivity index (χ0v) is 18.8. The van der Waals surface area contributed by atoms with E-state index in [9.17, 15) is 0 Å². The van der Waals surface area contributed by atoms with Crippen LogP contribution in [-0.2, 0) is 6.54 Å². The molecule has 0 bridgehead atoms. The van der Waals surface area contributed by atoms with E-state index in [-0.39, 0.29) is 29.9 Å². The maximum Gasteiger partial charge on any atom is 0.193 e. The summed E-state index contributed by atoms with van der Waals surface area (Å²) in [7, 11) is 0. The van der Waals surface area contributed by atoms with Crippen LogP contribution in [-0.4, -0.2) is 24.3 Å². The van der Waals surface area contributed by atoms with E-state index in [1.54, 1.807) is 0 Å². The Morgan fingerprint density at radius 2 is 1.83 bits per heavy atom. The van der Waals surface area contributed by atoms with Gasteiger partial charge in [0.05, 0.1) is 25.4 Å². The molecule has 0 saturated carbocycles. The first-order valence-electron chi connectivity index (χ1n) is 9.17. The topological polar surface area (TPSA) is 94.9 Å². The van der Waals surface area contributed by atoms with Gasteiger partial charge in [-0.05, 0) is 26.0 Å². The van der Waals surface area contributed by atoms with Crippen LogP contribution in [0.15, 0.2) is 64.1 Å². The van der Waals surface area contributed by atoms with Crippen LogP contribution in [0.2, 0.25) is 0 Å². The first kappa shape index (κ1) is 22.5. The second kappa shape index (κ2) is 11.3. The number of guanidine groups is 1. The quantitative estimate of drug-likeness (QED) is 0.261. The zero-order valence-electron chi connectivity index (χ0n) is 16.4. The number of ether oxygens (including phenoxy) is 2. The smallest absolute Gasteiger partial charge is 0.193 e. The second-order valence-electron chi connectivity index (χ2n) is 5.90. The fourth-order valence-corrected chi connectivity index (χ4v) is 2.61.